The van der Waals surface area contributed by atoms with Gasteiger partial charge in [0.2, 0.25) is 0 Å². The number of hydrogen-bond donors (Lipinski definition) is 2. The molecule has 0 unspecified atom stereocenters. The zero-order valence-electron chi connectivity index (χ0n) is 12.3. The summed E-state index contributed by atoms with van der Waals surface area (Å²) in [5, 5.41) is 3.16. The number of hydrogen-bond acceptors (Lipinski definition) is 1. The Kier molecular flexibility index (Phi) is 8.23. The summed E-state index contributed by atoms with van der Waals surface area (Å²) in [7, 11) is 0. The van der Waals surface area contributed by atoms with Crippen molar-refractivity contribution >= 4 is 29.9 Å². The van der Waals surface area contributed by atoms with Gasteiger partial charge in [0.25, 0.3) is 0 Å². The first-order chi connectivity index (χ1) is 7.93. The maximum atomic E-state index is 5.88. The van der Waals surface area contributed by atoms with E-state index in [9.17, 15) is 0 Å². The third-order valence-electron chi connectivity index (χ3n) is 3.53. The van der Waals surface area contributed by atoms with Gasteiger partial charge in [0.05, 0.1) is 0 Å². The largest absolute Gasteiger partial charge is 0.370 e. The van der Waals surface area contributed by atoms with Crippen LogP contribution in [0.4, 0.5) is 0 Å². The van der Waals surface area contributed by atoms with Crippen LogP contribution >= 0.6 is 24.0 Å². The first kappa shape index (κ1) is 18.0. The molecule has 0 spiro atoms. The zero-order chi connectivity index (χ0) is 12.9. The van der Waals surface area contributed by atoms with Gasteiger partial charge in [-0.2, -0.15) is 0 Å². The van der Waals surface area contributed by atoms with E-state index >= 15 is 0 Å². The maximum absolute atomic E-state index is 5.88. The number of nitrogens with zero attached hydrogens (tertiary/aromatic N) is 1. The van der Waals surface area contributed by atoms with Crippen LogP contribution in [0.2, 0.25) is 0 Å². The number of rotatable bonds is 5. The predicted octanol–water partition coefficient (Wildman–Crippen LogP) is 3.52. The summed E-state index contributed by atoms with van der Waals surface area (Å²) >= 11 is 0. The number of aliphatic imine (C=N–C) groups is 1. The minimum atomic E-state index is 0. The van der Waals surface area contributed by atoms with E-state index in [0.29, 0.717) is 17.4 Å². The molecule has 3 N–H and O–H groups in total. The minimum Gasteiger partial charge on any atom is -0.370 e. The van der Waals surface area contributed by atoms with Crippen LogP contribution < -0.4 is 11.1 Å². The van der Waals surface area contributed by atoms with Crippen LogP contribution in [-0.4, -0.2) is 18.5 Å². The van der Waals surface area contributed by atoms with Crippen LogP contribution in [-0.2, 0) is 0 Å². The Bertz CT molecular complexity index is 256. The van der Waals surface area contributed by atoms with Gasteiger partial charge in [-0.3, -0.25) is 4.99 Å². The molecule has 3 nitrogen and oxygen atoms in total. The lowest BCUT2D eigenvalue weighted by molar-refractivity contribution is 0.245. The normalized spacial score (nSPS) is 19.1. The molecule has 0 aliphatic heterocycles. The summed E-state index contributed by atoms with van der Waals surface area (Å²) in [6.07, 6.45) is 6.65. The molecule has 108 valence electrons. The standard InChI is InChI=1S/C14H29N3.HI/c1-11(2)9-14(7-5-6-8-14)10-16-13(15)17-12(3)4;/h11-12H,5-10H2,1-4H3,(H3,15,16,17);1H. The van der Waals surface area contributed by atoms with E-state index in [1.807, 2.05) is 0 Å². The summed E-state index contributed by atoms with van der Waals surface area (Å²) < 4.78 is 0. The van der Waals surface area contributed by atoms with Gasteiger partial charge < -0.3 is 11.1 Å². The van der Waals surface area contributed by atoms with Gasteiger partial charge in [-0.1, -0.05) is 26.7 Å². The molecule has 0 bridgehead atoms. The Hall–Kier alpha value is 0. The second-order valence-electron chi connectivity index (χ2n) is 6.31. The van der Waals surface area contributed by atoms with Crippen molar-refractivity contribution in [2.24, 2.45) is 22.1 Å². The number of nitrogens with two attached hydrogens (primary N) is 1. The number of guanidine groups is 1. The summed E-state index contributed by atoms with van der Waals surface area (Å²) in [5.41, 5.74) is 6.31. The molecule has 1 aliphatic carbocycles. The number of nitrogens with one attached hydrogen (secondary N) is 1. The van der Waals surface area contributed by atoms with Crippen LogP contribution in [0.25, 0.3) is 0 Å². The SMILES string of the molecule is CC(C)CC1(CN=C(N)NC(C)C)CCCC1.I. The Morgan fingerprint density at radius 3 is 2.22 bits per heavy atom. The Labute approximate surface area is 129 Å². The molecule has 1 fully saturated rings. The summed E-state index contributed by atoms with van der Waals surface area (Å²) in [5.74, 6) is 1.36. The first-order valence-corrected chi connectivity index (χ1v) is 7.00. The summed E-state index contributed by atoms with van der Waals surface area (Å²) in [6.45, 7) is 9.68. The van der Waals surface area contributed by atoms with Gasteiger partial charge in [-0.15, -0.1) is 24.0 Å². The predicted molar refractivity (Wildman–Crippen MR) is 90.5 cm³/mol. The highest BCUT2D eigenvalue weighted by atomic mass is 127. The molecule has 18 heavy (non-hydrogen) atoms. The van der Waals surface area contributed by atoms with E-state index in [1.54, 1.807) is 0 Å². The van der Waals surface area contributed by atoms with E-state index in [-0.39, 0.29) is 24.0 Å². The van der Waals surface area contributed by atoms with Crippen molar-refractivity contribution in [2.75, 3.05) is 6.54 Å². The molecule has 0 atom stereocenters. The maximum Gasteiger partial charge on any atom is 0.188 e. The van der Waals surface area contributed by atoms with E-state index in [0.717, 1.165) is 12.5 Å². The second-order valence-corrected chi connectivity index (χ2v) is 6.31. The molecule has 0 heterocycles. The molecule has 0 radical (unpaired) electrons. The van der Waals surface area contributed by atoms with Crippen molar-refractivity contribution in [3.63, 3.8) is 0 Å². The van der Waals surface area contributed by atoms with Crippen molar-refractivity contribution in [1.82, 2.24) is 5.32 Å². The monoisotopic (exact) mass is 367 g/mol. The van der Waals surface area contributed by atoms with Crippen LogP contribution in [0, 0.1) is 11.3 Å². The average molecular weight is 367 g/mol. The summed E-state index contributed by atoms with van der Waals surface area (Å²) in [4.78, 5) is 4.55. The van der Waals surface area contributed by atoms with Crippen LogP contribution in [0.3, 0.4) is 0 Å². The Morgan fingerprint density at radius 1 is 1.22 bits per heavy atom. The smallest absolute Gasteiger partial charge is 0.188 e. The zero-order valence-corrected chi connectivity index (χ0v) is 14.7. The minimum absolute atomic E-state index is 0. The quantitative estimate of drug-likeness (QED) is 0.444. The Balaban J connectivity index is 0.00000289. The molecule has 0 saturated heterocycles. The fourth-order valence-corrected chi connectivity index (χ4v) is 3.01. The highest BCUT2D eigenvalue weighted by molar-refractivity contribution is 14.0. The number of halogens is 1. The lowest BCUT2D eigenvalue weighted by atomic mass is 9.78. The fraction of sp³-hybridized carbons (Fsp3) is 0.929. The van der Waals surface area contributed by atoms with Crippen LogP contribution in [0.15, 0.2) is 4.99 Å². The molecule has 4 heteroatoms. The second kappa shape index (κ2) is 8.23. The lowest BCUT2D eigenvalue weighted by Crippen LogP contribution is -2.38. The van der Waals surface area contributed by atoms with Crippen LogP contribution in [0.5, 0.6) is 0 Å². The molecule has 0 amide bonds. The fourth-order valence-electron chi connectivity index (χ4n) is 3.01. The highest BCUT2D eigenvalue weighted by Gasteiger charge is 2.34. The van der Waals surface area contributed by atoms with Gasteiger partial charge in [0.15, 0.2) is 5.96 Å². The van der Waals surface area contributed by atoms with Gasteiger partial charge in [0, 0.05) is 12.6 Å². The molecular weight excluding hydrogens is 337 g/mol. The third-order valence-corrected chi connectivity index (χ3v) is 3.53. The third kappa shape index (κ3) is 6.25. The van der Waals surface area contributed by atoms with Crippen molar-refractivity contribution in [2.45, 2.75) is 65.8 Å². The van der Waals surface area contributed by atoms with E-state index in [1.165, 1.54) is 32.1 Å². The molecular formula is C14H30IN3. The lowest BCUT2D eigenvalue weighted by Gasteiger charge is -2.29. The first-order valence-electron chi connectivity index (χ1n) is 7.00. The van der Waals surface area contributed by atoms with Crippen molar-refractivity contribution in [3.8, 4) is 0 Å². The molecule has 0 aromatic carbocycles. The molecule has 1 saturated carbocycles. The highest BCUT2D eigenvalue weighted by Crippen LogP contribution is 2.43. The Morgan fingerprint density at radius 2 is 1.78 bits per heavy atom. The van der Waals surface area contributed by atoms with Gasteiger partial charge in [0.1, 0.15) is 0 Å². The van der Waals surface area contributed by atoms with E-state index in [4.69, 9.17) is 5.73 Å². The topological polar surface area (TPSA) is 50.4 Å². The van der Waals surface area contributed by atoms with Gasteiger partial charge >= 0.3 is 0 Å². The molecule has 0 aromatic heterocycles. The molecule has 0 aromatic rings. The van der Waals surface area contributed by atoms with Crippen molar-refractivity contribution in [3.05, 3.63) is 0 Å². The van der Waals surface area contributed by atoms with Crippen molar-refractivity contribution < 1.29 is 0 Å². The van der Waals surface area contributed by atoms with Crippen LogP contribution in [0.1, 0.15) is 59.8 Å². The van der Waals surface area contributed by atoms with Gasteiger partial charge in [-0.25, -0.2) is 0 Å². The summed E-state index contributed by atoms with van der Waals surface area (Å²) in [6, 6.07) is 0.364. The van der Waals surface area contributed by atoms with Crippen molar-refractivity contribution in [1.29, 1.82) is 0 Å². The molecule has 1 aliphatic rings. The average Bonchev–Trinajstić information content (AvgIpc) is 2.62. The van der Waals surface area contributed by atoms with E-state index < -0.39 is 0 Å². The van der Waals surface area contributed by atoms with E-state index in [2.05, 4.69) is 38.0 Å². The molecule has 1 rings (SSSR count). The van der Waals surface area contributed by atoms with Gasteiger partial charge in [-0.05, 0) is 44.4 Å².